The number of benzene rings is 2. The molecule has 1 heterocycles. The highest BCUT2D eigenvalue weighted by Gasteiger charge is 2.18. The summed E-state index contributed by atoms with van der Waals surface area (Å²) in [5.74, 6) is 0.889. The van der Waals surface area contributed by atoms with E-state index in [-0.39, 0.29) is 19.0 Å². The van der Waals surface area contributed by atoms with Crippen LogP contribution in [0.15, 0.2) is 54.6 Å². The maximum Gasteiger partial charge on any atom is 0.291 e. The number of amides is 1. The predicted octanol–water partition coefficient (Wildman–Crippen LogP) is 1.66. The van der Waals surface area contributed by atoms with Crippen LogP contribution in [0, 0.1) is 0 Å². The van der Waals surface area contributed by atoms with Gasteiger partial charge in [0.25, 0.3) is 5.91 Å². The molecule has 2 N–H and O–H groups in total. The molecule has 0 aliphatic heterocycles. The van der Waals surface area contributed by atoms with Crippen molar-refractivity contribution in [1.82, 2.24) is 20.1 Å². The number of methoxy groups -OCH3 is 1. The van der Waals surface area contributed by atoms with Gasteiger partial charge in [-0.25, -0.2) is 9.67 Å². The molecule has 1 amide bonds. The Morgan fingerprint density at radius 1 is 1.16 bits per heavy atom. The molecule has 0 bridgehead atoms. The highest BCUT2D eigenvalue weighted by Crippen LogP contribution is 2.23. The molecule has 3 aromatic rings. The summed E-state index contributed by atoms with van der Waals surface area (Å²) in [6.45, 7) is 0.00699. The highest BCUT2D eigenvalue weighted by molar-refractivity contribution is 5.91. The maximum absolute atomic E-state index is 12.2. The van der Waals surface area contributed by atoms with Gasteiger partial charge in [0.2, 0.25) is 5.82 Å². The van der Waals surface area contributed by atoms with Crippen LogP contribution in [0.2, 0.25) is 0 Å². The maximum atomic E-state index is 12.2. The molecule has 0 fully saturated rings. The van der Waals surface area contributed by atoms with Crippen LogP contribution in [0.25, 0.3) is 17.1 Å². The summed E-state index contributed by atoms with van der Waals surface area (Å²) in [4.78, 5) is 16.5. The number of aromatic nitrogens is 3. The number of aliphatic hydroxyl groups excluding tert-OH is 1. The summed E-state index contributed by atoms with van der Waals surface area (Å²) in [6, 6.07) is 16.8. The molecule has 1 aromatic heterocycles. The Labute approximate surface area is 144 Å². The van der Waals surface area contributed by atoms with Crippen LogP contribution < -0.4 is 10.1 Å². The standard InChI is InChI=1S/C18H18N4O3/c1-25-15-9-7-13(8-10-15)17-20-16(18(24)19-11-12-23)21-22(17)14-5-3-2-4-6-14/h2-10,23H,11-12H2,1H3,(H,19,24). The number of hydrogen-bond acceptors (Lipinski definition) is 5. The number of nitrogens with zero attached hydrogens (tertiary/aromatic N) is 3. The van der Waals surface area contributed by atoms with Crippen molar-refractivity contribution in [3.63, 3.8) is 0 Å². The van der Waals surface area contributed by atoms with Gasteiger partial charge in [-0.3, -0.25) is 4.79 Å². The lowest BCUT2D eigenvalue weighted by Crippen LogP contribution is -2.27. The van der Waals surface area contributed by atoms with Crippen LogP contribution in [0.3, 0.4) is 0 Å². The molecule has 0 spiro atoms. The molecule has 0 radical (unpaired) electrons. The molecular weight excluding hydrogens is 320 g/mol. The first-order valence-electron chi connectivity index (χ1n) is 7.79. The predicted molar refractivity (Wildman–Crippen MR) is 92.8 cm³/mol. The van der Waals surface area contributed by atoms with Crippen LogP contribution in [0.1, 0.15) is 10.6 Å². The topological polar surface area (TPSA) is 89.3 Å². The molecule has 2 aromatic carbocycles. The number of nitrogens with one attached hydrogen (secondary N) is 1. The fourth-order valence-electron chi connectivity index (χ4n) is 2.33. The number of carbonyl (C=O) groups excluding carboxylic acids is 1. The van der Waals surface area contributed by atoms with Crippen molar-refractivity contribution in [3.8, 4) is 22.8 Å². The average Bonchev–Trinajstić information content (AvgIpc) is 3.12. The molecule has 0 unspecified atom stereocenters. The van der Waals surface area contributed by atoms with Crippen molar-refractivity contribution < 1.29 is 14.6 Å². The number of hydrogen-bond donors (Lipinski definition) is 2. The third-order valence-corrected chi connectivity index (χ3v) is 3.56. The summed E-state index contributed by atoms with van der Waals surface area (Å²) in [5, 5.41) is 15.8. The third kappa shape index (κ3) is 3.67. The van der Waals surface area contributed by atoms with Gasteiger partial charge in [0.15, 0.2) is 5.82 Å². The quantitative estimate of drug-likeness (QED) is 0.713. The summed E-state index contributed by atoms with van der Waals surface area (Å²) in [7, 11) is 1.60. The van der Waals surface area contributed by atoms with Crippen LogP contribution in [0.5, 0.6) is 5.75 Å². The van der Waals surface area contributed by atoms with Crippen molar-refractivity contribution in [1.29, 1.82) is 0 Å². The zero-order valence-corrected chi connectivity index (χ0v) is 13.7. The largest absolute Gasteiger partial charge is 0.497 e. The van der Waals surface area contributed by atoms with Crippen LogP contribution in [-0.4, -0.2) is 46.0 Å². The Kier molecular flexibility index (Phi) is 5.06. The normalized spacial score (nSPS) is 10.5. The molecule has 0 saturated heterocycles. The number of carbonyl (C=O) groups is 1. The first kappa shape index (κ1) is 16.7. The Morgan fingerprint density at radius 3 is 2.52 bits per heavy atom. The van der Waals surface area contributed by atoms with Gasteiger partial charge in [0, 0.05) is 12.1 Å². The summed E-state index contributed by atoms with van der Waals surface area (Å²) < 4.78 is 6.80. The molecule has 25 heavy (non-hydrogen) atoms. The van der Waals surface area contributed by atoms with Gasteiger partial charge in [-0.1, -0.05) is 18.2 Å². The van der Waals surface area contributed by atoms with Crippen LogP contribution >= 0.6 is 0 Å². The van der Waals surface area contributed by atoms with E-state index in [1.165, 1.54) is 0 Å². The average molecular weight is 338 g/mol. The van der Waals surface area contributed by atoms with E-state index in [4.69, 9.17) is 9.84 Å². The van der Waals surface area contributed by atoms with E-state index in [1.807, 2.05) is 54.6 Å². The lowest BCUT2D eigenvalue weighted by molar-refractivity contribution is 0.0934. The van der Waals surface area contributed by atoms with Gasteiger partial charge in [-0.15, -0.1) is 5.10 Å². The Morgan fingerprint density at radius 2 is 1.88 bits per heavy atom. The van der Waals surface area contributed by atoms with Crippen molar-refractivity contribution in [2.45, 2.75) is 0 Å². The van der Waals surface area contributed by atoms with Crippen molar-refractivity contribution in [2.75, 3.05) is 20.3 Å². The van der Waals surface area contributed by atoms with Gasteiger partial charge in [-0.05, 0) is 36.4 Å². The monoisotopic (exact) mass is 338 g/mol. The zero-order chi connectivity index (χ0) is 17.6. The second-order valence-corrected chi connectivity index (χ2v) is 5.21. The fraction of sp³-hybridized carbons (Fsp3) is 0.167. The van der Waals surface area contributed by atoms with Crippen molar-refractivity contribution >= 4 is 5.91 Å². The molecule has 7 heteroatoms. The number of para-hydroxylation sites is 1. The van der Waals surface area contributed by atoms with E-state index in [1.54, 1.807) is 11.8 Å². The SMILES string of the molecule is COc1ccc(-c2nc(C(=O)NCCO)nn2-c2ccccc2)cc1. The molecule has 0 aliphatic rings. The van der Waals surface area contributed by atoms with E-state index < -0.39 is 5.91 Å². The molecule has 128 valence electrons. The van der Waals surface area contributed by atoms with Crippen LogP contribution in [-0.2, 0) is 0 Å². The van der Waals surface area contributed by atoms with E-state index in [2.05, 4.69) is 15.4 Å². The van der Waals surface area contributed by atoms with E-state index >= 15 is 0 Å². The molecule has 3 rings (SSSR count). The van der Waals surface area contributed by atoms with E-state index in [9.17, 15) is 4.79 Å². The molecule has 0 atom stereocenters. The van der Waals surface area contributed by atoms with E-state index in [0.29, 0.717) is 5.82 Å². The summed E-state index contributed by atoms with van der Waals surface area (Å²) in [5.41, 5.74) is 1.60. The summed E-state index contributed by atoms with van der Waals surface area (Å²) >= 11 is 0. The molecule has 7 nitrogen and oxygen atoms in total. The first-order chi connectivity index (χ1) is 12.2. The van der Waals surface area contributed by atoms with Crippen molar-refractivity contribution in [2.24, 2.45) is 0 Å². The Bertz CT molecular complexity index is 845. The molecular formula is C18H18N4O3. The minimum absolute atomic E-state index is 0.0446. The van der Waals surface area contributed by atoms with Gasteiger partial charge < -0.3 is 15.2 Å². The van der Waals surface area contributed by atoms with Crippen molar-refractivity contribution in [3.05, 3.63) is 60.4 Å². The number of aliphatic hydroxyl groups is 1. The highest BCUT2D eigenvalue weighted by atomic mass is 16.5. The van der Waals surface area contributed by atoms with Gasteiger partial charge in [0.1, 0.15) is 5.75 Å². The van der Waals surface area contributed by atoms with Crippen LogP contribution in [0.4, 0.5) is 0 Å². The third-order valence-electron chi connectivity index (χ3n) is 3.56. The Hall–Kier alpha value is -3.19. The first-order valence-corrected chi connectivity index (χ1v) is 7.79. The lowest BCUT2D eigenvalue weighted by atomic mass is 10.2. The smallest absolute Gasteiger partial charge is 0.291 e. The van der Waals surface area contributed by atoms with E-state index in [0.717, 1.165) is 17.0 Å². The molecule has 0 aliphatic carbocycles. The number of ether oxygens (including phenoxy) is 1. The number of rotatable bonds is 6. The lowest BCUT2D eigenvalue weighted by Gasteiger charge is -2.06. The van der Waals surface area contributed by atoms with Gasteiger partial charge in [-0.2, -0.15) is 0 Å². The summed E-state index contributed by atoms with van der Waals surface area (Å²) in [6.07, 6.45) is 0. The minimum Gasteiger partial charge on any atom is -0.497 e. The fourth-order valence-corrected chi connectivity index (χ4v) is 2.33. The second-order valence-electron chi connectivity index (χ2n) is 5.21. The minimum atomic E-state index is -0.432. The van der Waals surface area contributed by atoms with Gasteiger partial charge in [0.05, 0.1) is 19.4 Å². The zero-order valence-electron chi connectivity index (χ0n) is 13.7. The Balaban J connectivity index is 2.04. The van der Waals surface area contributed by atoms with Gasteiger partial charge >= 0.3 is 0 Å². The molecule has 0 saturated carbocycles. The second kappa shape index (κ2) is 7.59.